The van der Waals surface area contributed by atoms with Gasteiger partial charge in [0.15, 0.2) is 9.84 Å². The molecule has 0 radical (unpaired) electrons. The summed E-state index contributed by atoms with van der Waals surface area (Å²) in [6, 6.07) is 3.82. The van der Waals surface area contributed by atoms with Crippen molar-refractivity contribution in [2.24, 2.45) is 0 Å². The third-order valence-electron chi connectivity index (χ3n) is 1.87. The van der Waals surface area contributed by atoms with Crippen LogP contribution in [0.5, 0.6) is 0 Å². The Kier molecular flexibility index (Phi) is 4.99. The highest BCUT2D eigenvalue weighted by Crippen LogP contribution is 2.27. The van der Waals surface area contributed by atoms with Crippen LogP contribution in [0.4, 0.5) is 5.69 Å². The van der Waals surface area contributed by atoms with Crippen LogP contribution in [0.1, 0.15) is 0 Å². The maximum absolute atomic E-state index is 11.4. The Morgan fingerprint density at radius 3 is 2.32 bits per heavy atom. The fraction of sp³-hybridized carbons (Fsp3) is 0.222. The first-order chi connectivity index (χ1) is 8.49. The second kappa shape index (κ2) is 5.78. The van der Waals surface area contributed by atoms with Gasteiger partial charge in [-0.05, 0) is 34.1 Å². The van der Waals surface area contributed by atoms with E-state index in [1.165, 1.54) is 18.2 Å². The number of amides is 1. The van der Waals surface area contributed by atoms with E-state index in [0.29, 0.717) is 0 Å². The molecule has 0 fully saturated rings. The molecule has 0 saturated carbocycles. The molecule has 6 nitrogen and oxygen atoms in total. The highest BCUT2D eigenvalue weighted by atomic mass is 79.9. The van der Waals surface area contributed by atoms with E-state index in [-0.39, 0.29) is 15.1 Å². The fourth-order valence-electron chi connectivity index (χ4n) is 1.21. The van der Waals surface area contributed by atoms with E-state index in [4.69, 9.17) is 10.7 Å². The van der Waals surface area contributed by atoms with E-state index in [2.05, 4.69) is 21.2 Å². The Morgan fingerprint density at radius 1 is 1.32 bits per heavy atom. The molecule has 0 aliphatic carbocycles. The molecule has 1 aromatic carbocycles. The van der Waals surface area contributed by atoms with Crippen molar-refractivity contribution in [3.05, 3.63) is 22.7 Å². The SMILES string of the molecule is CS(=O)(=O)CC(=O)Nc1ccc(S(=O)(=O)Cl)c(Br)c1. The molecular formula is C9H9BrClNO5S2. The van der Waals surface area contributed by atoms with E-state index in [1.54, 1.807) is 0 Å². The number of carbonyl (C=O) groups excluding carboxylic acids is 1. The molecule has 0 aliphatic heterocycles. The average molecular weight is 391 g/mol. The number of carbonyl (C=O) groups is 1. The summed E-state index contributed by atoms with van der Waals surface area (Å²) in [4.78, 5) is 11.2. The van der Waals surface area contributed by atoms with Gasteiger partial charge in [0.1, 0.15) is 5.75 Å². The third-order valence-corrected chi connectivity index (χ3v) is 4.96. The van der Waals surface area contributed by atoms with Gasteiger partial charge in [-0.1, -0.05) is 0 Å². The summed E-state index contributed by atoms with van der Waals surface area (Å²) < 4.78 is 44.3. The highest BCUT2D eigenvalue weighted by Gasteiger charge is 2.16. The summed E-state index contributed by atoms with van der Waals surface area (Å²) >= 11 is 3.00. The lowest BCUT2D eigenvalue weighted by Gasteiger charge is -2.06. The van der Waals surface area contributed by atoms with E-state index in [0.717, 1.165) is 6.26 Å². The third kappa shape index (κ3) is 5.47. The lowest BCUT2D eigenvalue weighted by molar-refractivity contribution is -0.113. The van der Waals surface area contributed by atoms with E-state index >= 15 is 0 Å². The van der Waals surface area contributed by atoms with Crippen LogP contribution in [0.25, 0.3) is 0 Å². The minimum atomic E-state index is -3.89. The van der Waals surface area contributed by atoms with Gasteiger partial charge in [0.25, 0.3) is 9.05 Å². The molecule has 0 aromatic heterocycles. The summed E-state index contributed by atoms with van der Waals surface area (Å²) in [5.74, 6) is -1.36. The zero-order valence-electron chi connectivity index (χ0n) is 9.55. The molecule has 10 heteroatoms. The van der Waals surface area contributed by atoms with Crippen LogP contribution in [-0.2, 0) is 23.7 Å². The average Bonchev–Trinajstić information content (AvgIpc) is 2.11. The smallest absolute Gasteiger partial charge is 0.262 e. The molecule has 0 atom stereocenters. The predicted octanol–water partition coefficient (Wildman–Crippen LogP) is 1.36. The molecule has 1 N–H and O–H groups in total. The van der Waals surface area contributed by atoms with E-state index in [1.807, 2.05) is 0 Å². The summed E-state index contributed by atoms with van der Waals surface area (Å²) in [6.45, 7) is 0. The van der Waals surface area contributed by atoms with Crippen LogP contribution in [-0.4, -0.2) is 34.8 Å². The number of rotatable bonds is 4. The van der Waals surface area contributed by atoms with E-state index < -0.39 is 30.5 Å². The number of nitrogens with one attached hydrogen (secondary N) is 1. The molecule has 0 unspecified atom stereocenters. The number of hydrogen-bond acceptors (Lipinski definition) is 5. The lowest BCUT2D eigenvalue weighted by atomic mass is 10.3. The first kappa shape index (κ1) is 16.4. The molecule has 1 aromatic rings. The molecule has 0 bridgehead atoms. The van der Waals surface area contributed by atoms with Gasteiger partial charge < -0.3 is 5.32 Å². The topological polar surface area (TPSA) is 97.4 Å². The molecular weight excluding hydrogens is 382 g/mol. The van der Waals surface area contributed by atoms with Crippen molar-refractivity contribution in [1.29, 1.82) is 0 Å². The van der Waals surface area contributed by atoms with Crippen LogP contribution in [0.3, 0.4) is 0 Å². The molecule has 106 valence electrons. The second-order valence-electron chi connectivity index (χ2n) is 3.70. The Labute approximate surface area is 123 Å². The largest absolute Gasteiger partial charge is 0.325 e. The van der Waals surface area contributed by atoms with Crippen molar-refractivity contribution in [2.75, 3.05) is 17.3 Å². The van der Waals surface area contributed by atoms with Crippen molar-refractivity contribution >= 4 is 57.1 Å². The molecule has 19 heavy (non-hydrogen) atoms. The first-order valence-electron chi connectivity index (χ1n) is 4.71. The van der Waals surface area contributed by atoms with Crippen LogP contribution >= 0.6 is 26.6 Å². The molecule has 0 heterocycles. The fourth-order valence-corrected chi connectivity index (χ4v) is 3.98. The maximum atomic E-state index is 11.4. The van der Waals surface area contributed by atoms with Crippen molar-refractivity contribution in [2.45, 2.75) is 4.90 Å². The standard InChI is InChI=1S/C9H9BrClNO5S2/c1-18(14,15)5-9(13)12-6-2-3-8(7(10)4-6)19(11,16)17/h2-4H,5H2,1H3,(H,12,13). The van der Waals surface area contributed by atoms with Crippen molar-refractivity contribution in [1.82, 2.24) is 0 Å². The highest BCUT2D eigenvalue weighted by molar-refractivity contribution is 9.10. The molecule has 1 rings (SSSR count). The lowest BCUT2D eigenvalue weighted by Crippen LogP contribution is -2.21. The van der Waals surface area contributed by atoms with Gasteiger partial charge in [-0.25, -0.2) is 16.8 Å². The van der Waals surface area contributed by atoms with Crippen molar-refractivity contribution in [3.8, 4) is 0 Å². The summed E-state index contributed by atoms with van der Waals surface area (Å²) in [7, 11) is -2.13. The quantitative estimate of drug-likeness (QED) is 0.783. The van der Waals surface area contributed by atoms with Crippen LogP contribution in [0, 0.1) is 0 Å². The Balaban J connectivity index is 2.95. The van der Waals surface area contributed by atoms with Crippen LogP contribution in [0.15, 0.2) is 27.6 Å². The van der Waals surface area contributed by atoms with Crippen LogP contribution < -0.4 is 5.32 Å². The molecule has 1 amide bonds. The van der Waals surface area contributed by atoms with Crippen molar-refractivity contribution in [3.63, 3.8) is 0 Å². The number of hydrogen-bond donors (Lipinski definition) is 1. The zero-order chi connectivity index (χ0) is 14.8. The number of halogens is 2. The Bertz CT molecular complexity index is 714. The minimum Gasteiger partial charge on any atom is -0.325 e. The number of anilines is 1. The molecule has 0 saturated heterocycles. The Morgan fingerprint density at radius 2 is 1.89 bits per heavy atom. The van der Waals surface area contributed by atoms with Gasteiger partial charge in [0.05, 0.1) is 4.90 Å². The Hall–Kier alpha value is -0.640. The van der Waals surface area contributed by atoms with Gasteiger partial charge in [-0.3, -0.25) is 4.79 Å². The summed E-state index contributed by atoms with van der Waals surface area (Å²) in [5.41, 5.74) is 0.254. The van der Waals surface area contributed by atoms with E-state index in [9.17, 15) is 21.6 Å². The second-order valence-corrected chi connectivity index (χ2v) is 9.23. The van der Waals surface area contributed by atoms with Gasteiger partial charge in [0.2, 0.25) is 5.91 Å². The number of benzene rings is 1. The predicted molar refractivity (Wildman–Crippen MR) is 75.5 cm³/mol. The van der Waals surface area contributed by atoms with Crippen LogP contribution in [0.2, 0.25) is 0 Å². The minimum absolute atomic E-state index is 0.143. The monoisotopic (exact) mass is 389 g/mol. The molecule has 0 spiro atoms. The first-order valence-corrected chi connectivity index (χ1v) is 9.87. The van der Waals surface area contributed by atoms with Gasteiger partial charge in [-0.15, -0.1) is 0 Å². The summed E-state index contributed by atoms with van der Waals surface area (Å²) in [5, 5.41) is 2.33. The molecule has 0 aliphatic rings. The van der Waals surface area contributed by atoms with Gasteiger partial charge >= 0.3 is 0 Å². The summed E-state index contributed by atoms with van der Waals surface area (Å²) in [6.07, 6.45) is 0.936. The van der Waals surface area contributed by atoms with Gasteiger partial charge in [-0.2, -0.15) is 0 Å². The maximum Gasteiger partial charge on any atom is 0.262 e. The number of sulfone groups is 1. The normalized spacial score (nSPS) is 12.2. The van der Waals surface area contributed by atoms with Gasteiger partial charge in [0, 0.05) is 27.1 Å². The zero-order valence-corrected chi connectivity index (χ0v) is 13.5. The van der Waals surface area contributed by atoms with Crippen molar-refractivity contribution < 1.29 is 21.6 Å².